The molecule has 1 aromatic carbocycles. The highest BCUT2D eigenvalue weighted by Gasteiger charge is 2.43. The van der Waals surface area contributed by atoms with Crippen molar-refractivity contribution in [1.82, 2.24) is 0 Å². The Bertz CT molecular complexity index is 493. The molecule has 0 spiro atoms. The Balaban J connectivity index is 2.06. The van der Waals surface area contributed by atoms with Gasteiger partial charge in [0.2, 0.25) is 0 Å². The van der Waals surface area contributed by atoms with Crippen molar-refractivity contribution in [3.05, 3.63) is 23.8 Å². The molecule has 0 radical (unpaired) electrons. The summed E-state index contributed by atoms with van der Waals surface area (Å²) in [5.74, 6) is -0.650. The maximum Gasteiger partial charge on any atom is 0.586 e. The highest BCUT2D eigenvalue weighted by atomic mass is 19.3. The second-order valence-electron chi connectivity index (χ2n) is 4.01. The van der Waals surface area contributed by atoms with Gasteiger partial charge in [0, 0.05) is 0 Å². The molecule has 1 heterocycles. The van der Waals surface area contributed by atoms with E-state index in [9.17, 15) is 13.6 Å². The van der Waals surface area contributed by atoms with Crippen molar-refractivity contribution in [3.63, 3.8) is 0 Å². The summed E-state index contributed by atoms with van der Waals surface area (Å²) < 4.78 is 39.0. The van der Waals surface area contributed by atoms with Gasteiger partial charge in [0.15, 0.2) is 11.5 Å². The molecule has 104 valence electrons. The minimum absolute atomic E-state index is 0.0431. The van der Waals surface area contributed by atoms with E-state index < -0.39 is 18.3 Å². The molecule has 7 heteroatoms. The highest BCUT2D eigenvalue weighted by molar-refractivity contribution is 5.75. The second kappa shape index (κ2) is 5.00. The molecule has 0 saturated heterocycles. The summed E-state index contributed by atoms with van der Waals surface area (Å²) in [5, 5.41) is 0. The highest BCUT2D eigenvalue weighted by Crippen LogP contribution is 2.41. The summed E-state index contributed by atoms with van der Waals surface area (Å²) in [7, 11) is 0. The van der Waals surface area contributed by atoms with E-state index in [-0.39, 0.29) is 24.5 Å². The molecule has 19 heavy (non-hydrogen) atoms. The molecular formula is C12H13F2NO4. The fourth-order valence-corrected chi connectivity index (χ4v) is 1.71. The number of fused-ring (bicyclic) bond motifs is 1. The minimum Gasteiger partial charge on any atom is -0.465 e. The Morgan fingerprint density at radius 3 is 2.79 bits per heavy atom. The van der Waals surface area contributed by atoms with Crippen LogP contribution in [0.3, 0.4) is 0 Å². The summed E-state index contributed by atoms with van der Waals surface area (Å²) in [5.41, 5.74) is 6.22. The number of nitrogens with two attached hydrogens (primary N) is 1. The maximum atomic E-state index is 12.8. The van der Waals surface area contributed by atoms with Gasteiger partial charge >= 0.3 is 12.3 Å². The van der Waals surface area contributed by atoms with Gasteiger partial charge in [0.25, 0.3) is 0 Å². The first-order valence-electron chi connectivity index (χ1n) is 5.72. The minimum atomic E-state index is -3.65. The normalized spacial score (nSPS) is 17.1. The molecule has 0 aliphatic carbocycles. The maximum absolute atomic E-state index is 12.8. The molecule has 1 unspecified atom stereocenters. The predicted octanol–water partition coefficient (Wildman–Crippen LogP) is 1.44. The molecule has 1 aliphatic rings. The fraction of sp³-hybridized carbons (Fsp3) is 0.417. The number of carbonyl (C=O) groups is 1. The zero-order valence-electron chi connectivity index (χ0n) is 10.2. The third-order valence-electron chi connectivity index (χ3n) is 2.51. The molecule has 2 N–H and O–H groups in total. The number of hydrogen-bond donors (Lipinski definition) is 1. The van der Waals surface area contributed by atoms with Crippen molar-refractivity contribution >= 4 is 5.97 Å². The molecule has 0 bridgehead atoms. The first-order valence-corrected chi connectivity index (χ1v) is 5.72. The van der Waals surface area contributed by atoms with Gasteiger partial charge in [0.05, 0.1) is 6.61 Å². The summed E-state index contributed by atoms with van der Waals surface area (Å²) in [6, 6.07) is 3.42. The number of benzene rings is 1. The van der Waals surface area contributed by atoms with Gasteiger partial charge in [-0.05, 0) is 31.0 Å². The van der Waals surface area contributed by atoms with Gasteiger partial charge in [-0.15, -0.1) is 8.78 Å². The SMILES string of the molecule is CCOC(=O)C(N)Cc1ccc2c(c1)OC(F)(F)O2. The Kier molecular flexibility index (Phi) is 3.57. The average molecular weight is 273 g/mol. The molecule has 1 atom stereocenters. The smallest absolute Gasteiger partial charge is 0.465 e. The lowest BCUT2D eigenvalue weighted by Crippen LogP contribution is -2.34. The first kappa shape index (κ1) is 13.5. The summed E-state index contributed by atoms with van der Waals surface area (Å²) in [6.07, 6.45) is -3.48. The van der Waals surface area contributed by atoms with E-state index in [0.717, 1.165) is 0 Å². The van der Waals surface area contributed by atoms with Gasteiger partial charge in [-0.2, -0.15) is 0 Å². The molecular weight excluding hydrogens is 260 g/mol. The van der Waals surface area contributed by atoms with Crippen molar-refractivity contribution in [1.29, 1.82) is 0 Å². The van der Waals surface area contributed by atoms with E-state index in [1.807, 2.05) is 0 Å². The van der Waals surface area contributed by atoms with E-state index in [0.29, 0.717) is 5.56 Å². The van der Waals surface area contributed by atoms with Crippen molar-refractivity contribution in [2.45, 2.75) is 25.7 Å². The van der Waals surface area contributed by atoms with Crippen molar-refractivity contribution < 1.29 is 27.8 Å². The van der Waals surface area contributed by atoms with Crippen LogP contribution >= 0.6 is 0 Å². The molecule has 2 rings (SSSR count). The van der Waals surface area contributed by atoms with Crippen LogP contribution in [0.4, 0.5) is 8.78 Å². The van der Waals surface area contributed by atoms with Gasteiger partial charge in [-0.3, -0.25) is 4.79 Å². The van der Waals surface area contributed by atoms with E-state index in [1.165, 1.54) is 12.1 Å². The number of ether oxygens (including phenoxy) is 3. The van der Waals surface area contributed by atoms with Crippen LogP contribution in [0.5, 0.6) is 11.5 Å². The lowest BCUT2D eigenvalue weighted by molar-refractivity contribution is -0.286. The fourth-order valence-electron chi connectivity index (χ4n) is 1.71. The predicted molar refractivity (Wildman–Crippen MR) is 61.0 cm³/mol. The molecule has 0 fully saturated rings. The zero-order valence-corrected chi connectivity index (χ0v) is 10.2. The Labute approximate surface area is 108 Å². The quantitative estimate of drug-likeness (QED) is 0.840. The Hall–Kier alpha value is -1.89. The van der Waals surface area contributed by atoms with E-state index in [4.69, 9.17) is 10.5 Å². The van der Waals surface area contributed by atoms with Crippen LogP contribution in [-0.2, 0) is 16.0 Å². The number of alkyl halides is 2. The van der Waals surface area contributed by atoms with Crippen molar-refractivity contribution in [2.24, 2.45) is 5.73 Å². The molecule has 1 aliphatic heterocycles. The number of rotatable bonds is 4. The van der Waals surface area contributed by atoms with Crippen LogP contribution in [0, 0.1) is 0 Å². The molecule has 0 saturated carbocycles. The van der Waals surface area contributed by atoms with Crippen molar-refractivity contribution in [3.8, 4) is 11.5 Å². The van der Waals surface area contributed by atoms with Gasteiger partial charge in [-0.1, -0.05) is 6.07 Å². The van der Waals surface area contributed by atoms with Crippen molar-refractivity contribution in [2.75, 3.05) is 6.61 Å². The Morgan fingerprint density at radius 2 is 2.11 bits per heavy atom. The molecule has 0 amide bonds. The van der Waals surface area contributed by atoms with E-state index in [1.54, 1.807) is 13.0 Å². The van der Waals surface area contributed by atoms with Crippen LogP contribution in [-0.4, -0.2) is 24.9 Å². The summed E-state index contributed by atoms with van der Waals surface area (Å²) in [4.78, 5) is 11.4. The first-order chi connectivity index (χ1) is 8.91. The van der Waals surface area contributed by atoms with Crippen LogP contribution in [0.15, 0.2) is 18.2 Å². The van der Waals surface area contributed by atoms with Crippen LogP contribution in [0.2, 0.25) is 0 Å². The Morgan fingerprint density at radius 1 is 1.42 bits per heavy atom. The van der Waals surface area contributed by atoms with Gasteiger partial charge < -0.3 is 19.9 Å². The zero-order chi connectivity index (χ0) is 14.0. The number of carbonyl (C=O) groups excluding carboxylic acids is 1. The third-order valence-corrected chi connectivity index (χ3v) is 2.51. The lowest BCUT2D eigenvalue weighted by Gasteiger charge is -2.10. The third kappa shape index (κ3) is 3.11. The number of esters is 1. The average Bonchev–Trinajstić information content (AvgIpc) is 2.62. The standard InChI is InChI=1S/C12H13F2NO4/c1-2-17-11(16)8(15)5-7-3-4-9-10(6-7)19-12(13,14)18-9/h3-4,6,8H,2,5,15H2,1H3. The van der Waals surface area contributed by atoms with Crippen LogP contribution in [0.25, 0.3) is 0 Å². The number of halogens is 2. The molecule has 1 aromatic rings. The van der Waals surface area contributed by atoms with E-state index >= 15 is 0 Å². The van der Waals surface area contributed by atoms with Crippen LogP contribution < -0.4 is 15.2 Å². The van der Waals surface area contributed by atoms with Gasteiger partial charge in [0.1, 0.15) is 6.04 Å². The monoisotopic (exact) mass is 273 g/mol. The molecule has 0 aromatic heterocycles. The topological polar surface area (TPSA) is 70.8 Å². The van der Waals surface area contributed by atoms with E-state index in [2.05, 4.69) is 9.47 Å². The number of hydrogen-bond acceptors (Lipinski definition) is 5. The lowest BCUT2D eigenvalue weighted by atomic mass is 10.1. The van der Waals surface area contributed by atoms with Gasteiger partial charge in [-0.25, -0.2) is 0 Å². The summed E-state index contributed by atoms with van der Waals surface area (Å²) in [6.45, 7) is 1.91. The second-order valence-corrected chi connectivity index (χ2v) is 4.01. The molecule has 5 nitrogen and oxygen atoms in total. The largest absolute Gasteiger partial charge is 0.586 e. The van der Waals surface area contributed by atoms with Crippen LogP contribution in [0.1, 0.15) is 12.5 Å². The summed E-state index contributed by atoms with van der Waals surface area (Å²) >= 11 is 0.